The summed E-state index contributed by atoms with van der Waals surface area (Å²) in [5.41, 5.74) is 0.618. The first kappa shape index (κ1) is 9.49. The maximum atomic E-state index is 9.37. The smallest absolute Gasteiger partial charge is 0.179 e. The first-order valence-electron chi connectivity index (χ1n) is 3.42. The molecule has 2 nitrogen and oxygen atoms in total. The molecule has 0 saturated heterocycles. The molecule has 0 amide bonds. The van der Waals surface area contributed by atoms with E-state index in [-0.39, 0.29) is 5.75 Å². The minimum absolute atomic E-state index is 0.173. The molecule has 0 atom stereocenters. The van der Waals surface area contributed by atoms with Crippen LogP contribution < -0.4 is 4.90 Å². The number of benzene rings is 1. The van der Waals surface area contributed by atoms with E-state index in [4.69, 9.17) is 23.2 Å². The molecular formula is C8H9Cl2NO. The van der Waals surface area contributed by atoms with Gasteiger partial charge in [-0.1, -0.05) is 35.3 Å². The first-order chi connectivity index (χ1) is 5.63. The molecule has 0 aliphatic carbocycles. The average molecular weight is 206 g/mol. The topological polar surface area (TPSA) is 23.5 Å². The van der Waals surface area contributed by atoms with Crippen molar-refractivity contribution in [3.05, 3.63) is 24.3 Å². The zero-order chi connectivity index (χ0) is 9.14. The van der Waals surface area contributed by atoms with E-state index < -0.39 is 4.96 Å². The molecule has 0 unspecified atom stereocenters. The summed E-state index contributed by atoms with van der Waals surface area (Å²) in [6.07, 6.45) is 0. The van der Waals surface area contributed by atoms with Crippen LogP contribution in [0.15, 0.2) is 24.3 Å². The van der Waals surface area contributed by atoms with Crippen LogP contribution in [0.5, 0.6) is 5.75 Å². The molecule has 0 saturated carbocycles. The lowest BCUT2D eigenvalue weighted by atomic mass is 10.3. The molecular weight excluding hydrogens is 197 g/mol. The average Bonchev–Trinajstić information content (AvgIpc) is 2.04. The molecule has 4 heteroatoms. The Morgan fingerprint density at radius 2 is 1.92 bits per heavy atom. The van der Waals surface area contributed by atoms with E-state index in [2.05, 4.69) is 0 Å². The molecule has 66 valence electrons. The van der Waals surface area contributed by atoms with Crippen molar-refractivity contribution in [1.82, 2.24) is 0 Å². The predicted molar refractivity (Wildman–Crippen MR) is 52.0 cm³/mol. The summed E-state index contributed by atoms with van der Waals surface area (Å²) in [6, 6.07) is 6.88. The molecule has 1 rings (SSSR count). The van der Waals surface area contributed by atoms with Crippen LogP contribution in [0.4, 0.5) is 5.69 Å². The van der Waals surface area contributed by atoms with Gasteiger partial charge < -0.3 is 10.0 Å². The Bertz CT molecular complexity index is 265. The molecule has 12 heavy (non-hydrogen) atoms. The maximum absolute atomic E-state index is 9.37. The zero-order valence-electron chi connectivity index (χ0n) is 6.54. The summed E-state index contributed by atoms with van der Waals surface area (Å²) < 4.78 is 0. The van der Waals surface area contributed by atoms with E-state index in [9.17, 15) is 5.11 Å². The predicted octanol–water partition coefficient (Wildman–Crippen LogP) is 2.59. The summed E-state index contributed by atoms with van der Waals surface area (Å²) in [6.45, 7) is 0. The molecule has 1 aromatic carbocycles. The molecule has 0 radical (unpaired) electrons. The van der Waals surface area contributed by atoms with Gasteiger partial charge in [0, 0.05) is 7.05 Å². The summed E-state index contributed by atoms with van der Waals surface area (Å²) in [7, 11) is 1.71. The van der Waals surface area contributed by atoms with Crippen LogP contribution in [0.3, 0.4) is 0 Å². The van der Waals surface area contributed by atoms with Crippen LogP contribution in [0, 0.1) is 0 Å². The highest BCUT2D eigenvalue weighted by molar-refractivity contribution is 6.45. The normalized spacial score (nSPS) is 10.3. The van der Waals surface area contributed by atoms with E-state index in [1.807, 2.05) is 6.07 Å². The van der Waals surface area contributed by atoms with Gasteiger partial charge in [-0.25, -0.2) is 0 Å². The highest BCUT2D eigenvalue weighted by atomic mass is 35.5. The van der Waals surface area contributed by atoms with E-state index in [1.54, 1.807) is 30.1 Å². The minimum Gasteiger partial charge on any atom is -0.506 e. The van der Waals surface area contributed by atoms with E-state index in [1.165, 1.54) is 0 Å². The number of nitrogens with zero attached hydrogens (tertiary/aromatic N) is 1. The quantitative estimate of drug-likeness (QED) is 0.593. The second kappa shape index (κ2) is 3.87. The lowest BCUT2D eigenvalue weighted by molar-refractivity contribution is 0.475. The van der Waals surface area contributed by atoms with Crippen LogP contribution >= 0.6 is 23.2 Å². The Labute approximate surface area is 81.3 Å². The Balaban J connectivity index is 2.94. The van der Waals surface area contributed by atoms with Crippen molar-refractivity contribution in [2.75, 3.05) is 11.9 Å². The lowest BCUT2D eigenvalue weighted by Gasteiger charge is -2.20. The molecule has 0 spiro atoms. The van der Waals surface area contributed by atoms with Crippen LogP contribution in [-0.4, -0.2) is 17.1 Å². The second-order valence-electron chi connectivity index (χ2n) is 2.38. The Morgan fingerprint density at radius 3 is 2.42 bits per heavy atom. The van der Waals surface area contributed by atoms with Crippen molar-refractivity contribution in [2.45, 2.75) is 4.96 Å². The van der Waals surface area contributed by atoms with Gasteiger partial charge in [-0.05, 0) is 12.1 Å². The van der Waals surface area contributed by atoms with Crippen molar-refractivity contribution in [2.24, 2.45) is 0 Å². The number of anilines is 1. The zero-order valence-corrected chi connectivity index (χ0v) is 8.05. The number of aromatic hydroxyl groups is 1. The van der Waals surface area contributed by atoms with Crippen molar-refractivity contribution in [3.8, 4) is 5.75 Å². The second-order valence-corrected chi connectivity index (χ2v) is 3.43. The van der Waals surface area contributed by atoms with Gasteiger partial charge in [0.2, 0.25) is 0 Å². The number of halogens is 2. The van der Waals surface area contributed by atoms with Gasteiger partial charge in [-0.15, -0.1) is 0 Å². The van der Waals surface area contributed by atoms with E-state index >= 15 is 0 Å². The summed E-state index contributed by atoms with van der Waals surface area (Å²) in [5.74, 6) is 0.173. The van der Waals surface area contributed by atoms with Gasteiger partial charge >= 0.3 is 0 Å². The first-order valence-corrected chi connectivity index (χ1v) is 4.29. The number of rotatable bonds is 2. The van der Waals surface area contributed by atoms with Crippen LogP contribution in [0.2, 0.25) is 0 Å². The highest BCUT2D eigenvalue weighted by Gasteiger charge is 2.10. The minimum atomic E-state index is -0.654. The largest absolute Gasteiger partial charge is 0.506 e. The maximum Gasteiger partial charge on any atom is 0.179 e. The molecule has 0 aliphatic rings. The standard InChI is InChI=1S/C8H9Cl2NO/c1-11(8(9)10)6-4-2-3-5-7(6)12/h2-5,8,12H,1H3. The van der Waals surface area contributed by atoms with Gasteiger partial charge in [0.1, 0.15) is 5.75 Å². The number of alkyl halides is 2. The Kier molecular flexibility index (Phi) is 3.06. The van der Waals surface area contributed by atoms with Gasteiger partial charge in [-0.3, -0.25) is 0 Å². The number of phenolic OH excluding ortho intramolecular Hbond substituents is 1. The van der Waals surface area contributed by atoms with Crippen LogP contribution in [0.1, 0.15) is 0 Å². The molecule has 1 aromatic rings. The molecule has 0 aliphatic heterocycles. The van der Waals surface area contributed by atoms with Crippen molar-refractivity contribution in [3.63, 3.8) is 0 Å². The van der Waals surface area contributed by atoms with Gasteiger partial charge in [0.15, 0.2) is 4.96 Å². The van der Waals surface area contributed by atoms with Crippen molar-refractivity contribution < 1.29 is 5.11 Å². The number of hydrogen-bond donors (Lipinski definition) is 1. The molecule has 0 bridgehead atoms. The monoisotopic (exact) mass is 205 g/mol. The number of hydrogen-bond acceptors (Lipinski definition) is 2. The fourth-order valence-electron chi connectivity index (χ4n) is 0.868. The Hall–Kier alpha value is -0.600. The highest BCUT2D eigenvalue weighted by Crippen LogP contribution is 2.28. The number of para-hydroxylation sites is 2. The summed E-state index contributed by atoms with van der Waals surface area (Å²) in [5, 5.41) is 9.37. The van der Waals surface area contributed by atoms with Gasteiger partial charge in [0.25, 0.3) is 0 Å². The van der Waals surface area contributed by atoms with Gasteiger partial charge in [0.05, 0.1) is 5.69 Å². The number of phenols is 1. The third kappa shape index (κ3) is 1.96. The van der Waals surface area contributed by atoms with Crippen LogP contribution in [-0.2, 0) is 0 Å². The van der Waals surface area contributed by atoms with E-state index in [0.29, 0.717) is 5.69 Å². The summed E-state index contributed by atoms with van der Waals surface area (Å²) >= 11 is 11.2. The lowest BCUT2D eigenvalue weighted by Crippen LogP contribution is -2.21. The third-order valence-corrected chi connectivity index (χ3v) is 2.14. The Morgan fingerprint density at radius 1 is 1.33 bits per heavy atom. The van der Waals surface area contributed by atoms with Crippen molar-refractivity contribution in [1.29, 1.82) is 0 Å². The van der Waals surface area contributed by atoms with Gasteiger partial charge in [-0.2, -0.15) is 0 Å². The summed E-state index contributed by atoms with van der Waals surface area (Å²) in [4.78, 5) is 0.914. The fraction of sp³-hybridized carbons (Fsp3) is 0.250. The van der Waals surface area contributed by atoms with Crippen molar-refractivity contribution >= 4 is 28.9 Å². The molecule has 0 aromatic heterocycles. The van der Waals surface area contributed by atoms with Crippen LogP contribution in [0.25, 0.3) is 0 Å². The third-order valence-electron chi connectivity index (χ3n) is 1.55. The molecule has 0 fully saturated rings. The molecule has 0 heterocycles. The SMILES string of the molecule is CN(c1ccccc1O)C(Cl)Cl. The molecule has 1 N–H and O–H groups in total. The fourth-order valence-corrected chi connectivity index (χ4v) is 1.08. The van der Waals surface area contributed by atoms with E-state index in [0.717, 1.165) is 0 Å².